The van der Waals surface area contributed by atoms with Crippen LogP contribution in [0.5, 0.6) is 0 Å². The van der Waals surface area contributed by atoms with E-state index in [0.717, 1.165) is 32.5 Å². The second-order valence-corrected chi connectivity index (χ2v) is 6.90. The fourth-order valence-electron chi connectivity index (χ4n) is 3.41. The molecule has 6 nitrogen and oxygen atoms in total. The van der Waals surface area contributed by atoms with Crippen LogP contribution in [0.4, 0.5) is 0 Å². The lowest BCUT2D eigenvalue weighted by Gasteiger charge is -2.30. The van der Waals surface area contributed by atoms with Gasteiger partial charge in [-0.1, -0.05) is 19.3 Å². The molecular weight excluding hydrogens is 295 g/mol. The lowest BCUT2D eigenvalue weighted by atomic mass is 9.78. The lowest BCUT2D eigenvalue weighted by molar-refractivity contribution is -0.137. The molecule has 7 heteroatoms. The zero-order chi connectivity index (χ0) is 17.1. The van der Waals surface area contributed by atoms with E-state index < -0.39 is 13.1 Å². The number of nitrogens with zero attached hydrogens (tertiary/aromatic N) is 1. The number of rotatable bonds is 12. The number of nitrogens with two attached hydrogens (primary N) is 1. The molecular formula is C16H33BN2O4. The molecule has 1 aliphatic rings. The van der Waals surface area contributed by atoms with Crippen molar-refractivity contribution >= 4 is 13.1 Å². The molecule has 1 rings (SSSR count). The topological polar surface area (TPSA) is 107 Å². The molecule has 0 unspecified atom stereocenters. The van der Waals surface area contributed by atoms with Gasteiger partial charge in [0.05, 0.1) is 0 Å². The first kappa shape index (κ1) is 20.4. The van der Waals surface area contributed by atoms with E-state index in [2.05, 4.69) is 4.90 Å². The van der Waals surface area contributed by atoms with Crippen LogP contribution in [0.15, 0.2) is 0 Å². The third-order valence-electron chi connectivity index (χ3n) is 4.88. The van der Waals surface area contributed by atoms with Crippen molar-refractivity contribution in [2.24, 2.45) is 17.6 Å². The van der Waals surface area contributed by atoms with Crippen molar-refractivity contribution in [2.45, 2.75) is 57.7 Å². The number of aliphatic carboxylic acids is 1. The predicted octanol–water partition coefficient (Wildman–Crippen LogP) is 1.17. The zero-order valence-corrected chi connectivity index (χ0v) is 14.2. The molecule has 0 bridgehead atoms. The molecule has 0 aromatic heterocycles. The Labute approximate surface area is 140 Å². The Kier molecular flexibility index (Phi) is 10.5. The number of likely N-dealkylation sites (tertiary alicyclic amines) is 1. The predicted molar refractivity (Wildman–Crippen MR) is 92.0 cm³/mol. The van der Waals surface area contributed by atoms with Crippen LogP contribution in [0.1, 0.15) is 51.4 Å². The molecule has 0 aromatic rings. The van der Waals surface area contributed by atoms with Gasteiger partial charge in [0.2, 0.25) is 0 Å². The molecule has 134 valence electrons. The number of carboxylic acid groups (broad SMARTS) is 1. The van der Waals surface area contributed by atoms with Crippen LogP contribution >= 0.6 is 0 Å². The highest BCUT2D eigenvalue weighted by molar-refractivity contribution is 6.40. The van der Waals surface area contributed by atoms with Gasteiger partial charge in [-0.2, -0.15) is 0 Å². The van der Waals surface area contributed by atoms with Crippen LogP contribution in [0.25, 0.3) is 0 Å². The second-order valence-electron chi connectivity index (χ2n) is 6.90. The van der Waals surface area contributed by atoms with Crippen molar-refractivity contribution in [3.63, 3.8) is 0 Å². The second kappa shape index (κ2) is 11.8. The van der Waals surface area contributed by atoms with Crippen LogP contribution in [0.2, 0.25) is 6.32 Å². The van der Waals surface area contributed by atoms with Crippen molar-refractivity contribution in [1.82, 2.24) is 4.90 Å². The van der Waals surface area contributed by atoms with E-state index in [1.54, 1.807) is 0 Å². The third-order valence-corrected chi connectivity index (χ3v) is 4.88. The zero-order valence-electron chi connectivity index (χ0n) is 14.2. The van der Waals surface area contributed by atoms with E-state index in [1.165, 1.54) is 19.3 Å². The van der Waals surface area contributed by atoms with Crippen LogP contribution in [-0.2, 0) is 4.79 Å². The Bertz CT molecular complexity index is 325. The Morgan fingerprint density at radius 2 is 1.70 bits per heavy atom. The molecule has 1 aliphatic heterocycles. The first-order chi connectivity index (χ1) is 11.0. The van der Waals surface area contributed by atoms with E-state index in [9.17, 15) is 4.79 Å². The highest BCUT2D eigenvalue weighted by atomic mass is 16.4. The summed E-state index contributed by atoms with van der Waals surface area (Å²) < 4.78 is 0. The normalized spacial score (nSPS) is 18.6. The summed E-state index contributed by atoms with van der Waals surface area (Å²) in [5.74, 6) is -0.119. The van der Waals surface area contributed by atoms with Gasteiger partial charge in [0, 0.05) is 13.0 Å². The van der Waals surface area contributed by atoms with Gasteiger partial charge >= 0.3 is 13.1 Å². The molecule has 0 amide bonds. The van der Waals surface area contributed by atoms with E-state index in [1.807, 2.05) is 0 Å². The van der Waals surface area contributed by atoms with Crippen LogP contribution in [0.3, 0.4) is 0 Å². The number of carboxylic acids is 1. The van der Waals surface area contributed by atoms with Gasteiger partial charge in [-0.15, -0.1) is 0 Å². The minimum Gasteiger partial charge on any atom is -0.481 e. The van der Waals surface area contributed by atoms with E-state index in [4.69, 9.17) is 20.9 Å². The van der Waals surface area contributed by atoms with Gasteiger partial charge in [-0.25, -0.2) is 0 Å². The van der Waals surface area contributed by atoms with Crippen molar-refractivity contribution < 1.29 is 19.9 Å². The van der Waals surface area contributed by atoms with E-state index in [-0.39, 0.29) is 12.3 Å². The van der Waals surface area contributed by atoms with Gasteiger partial charge in [-0.05, 0) is 63.5 Å². The van der Waals surface area contributed by atoms with Crippen molar-refractivity contribution in [3.05, 3.63) is 0 Å². The smallest absolute Gasteiger partial charge is 0.451 e. The van der Waals surface area contributed by atoms with Crippen LogP contribution in [-0.4, -0.2) is 59.3 Å². The summed E-state index contributed by atoms with van der Waals surface area (Å²) in [6.45, 7) is 4.01. The van der Waals surface area contributed by atoms with Gasteiger partial charge in [-0.3, -0.25) is 4.79 Å². The summed E-state index contributed by atoms with van der Waals surface area (Å²) >= 11 is 0. The minimum atomic E-state index is -1.30. The molecule has 1 heterocycles. The Morgan fingerprint density at radius 3 is 2.26 bits per heavy atom. The third kappa shape index (κ3) is 9.97. The molecule has 23 heavy (non-hydrogen) atoms. The van der Waals surface area contributed by atoms with Crippen molar-refractivity contribution in [2.75, 3.05) is 26.2 Å². The van der Waals surface area contributed by atoms with Gasteiger partial charge in [0.25, 0.3) is 0 Å². The van der Waals surface area contributed by atoms with Gasteiger partial charge < -0.3 is 25.8 Å². The monoisotopic (exact) mass is 328 g/mol. The maximum atomic E-state index is 10.8. The number of hydrogen-bond acceptors (Lipinski definition) is 5. The maximum absolute atomic E-state index is 10.8. The first-order valence-corrected chi connectivity index (χ1v) is 9.01. The minimum absolute atomic E-state index is 0.144. The largest absolute Gasteiger partial charge is 0.481 e. The first-order valence-electron chi connectivity index (χ1n) is 9.01. The standard InChI is InChI=1S/C16H33BN2O4/c18-12-15(13-19-10-2-1-3-11-19)5-4-14(6-7-16(20)21)8-9-17(22)23/h14-15,22-23H,1-13,18H2,(H,20,21)/t14-,15-/m1/s1. The highest BCUT2D eigenvalue weighted by Gasteiger charge is 2.19. The fraction of sp³-hybridized carbons (Fsp3) is 0.938. The molecule has 0 radical (unpaired) electrons. The van der Waals surface area contributed by atoms with E-state index in [0.29, 0.717) is 31.6 Å². The summed E-state index contributed by atoms with van der Waals surface area (Å²) in [6, 6.07) is 0. The fourth-order valence-corrected chi connectivity index (χ4v) is 3.41. The SMILES string of the molecule is NC[C@@H](CC[C@@H](CCB(O)O)CCC(=O)O)CN1CCCCC1. The Balaban J connectivity index is 2.36. The van der Waals surface area contributed by atoms with Crippen LogP contribution < -0.4 is 5.73 Å². The Hall–Kier alpha value is -0.625. The van der Waals surface area contributed by atoms with Gasteiger partial charge in [0.1, 0.15) is 0 Å². The number of hydrogen-bond donors (Lipinski definition) is 4. The molecule has 0 saturated carbocycles. The van der Waals surface area contributed by atoms with Crippen molar-refractivity contribution in [1.29, 1.82) is 0 Å². The summed E-state index contributed by atoms with van der Waals surface area (Å²) in [6.07, 6.45) is 7.48. The Morgan fingerprint density at radius 1 is 1.04 bits per heavy atom. The van der Waals surface area contributed by atoms with E-state index >= 15 is 0 Å². The molecule has 5 N–H and O–H groups in total. The quantitative estimate of drug-likeness (QED) is 0.401. The van der Waals surface area contributed by atoms with Crippen molar-refractivity contribution in [3.8, 4) is 0 Å². The average Bonchev–Trinajstić information content (AvgIpc) is 2.53. The molecule has 1 saturated heterocycles. The summed E-state index contributed by atoms with van der Waals surface area (Å²) in [4.78, 5) is 13.3. The number of piperidine rings is 1. The molecule has 0 aliphatic carbocycles. The van der Waals surface area contributed by atoms with Crippen LogP contribution in [0, 0.1) is 11.8 Å². The molecule has 1 fully saturated rings. The summed E-state index contributed by atoms with van der Waals surface area (Å²) in [7, 11) is -1.30. The molecule has 0 aromatic carbocycles. The number of carbonyl (C=O) groups is 1. The average molecular weight is 328 g/mol. The molecule has 2 atom stereocenters. The lowest BCUT2D eigenvalue weighted by Crippen LogP contribution is -2.36. The highest BCUT2D eigenvalue weighted by Crippen LogP contribution is 2.23. The summed E-state index contributed by atoms with van der Waals surface area (Å²) in [5, 5.41) is 26.9. The molecule has 0 spiro atoms. The maximum Gasteiger partial charge on any atom is 0.451 e. The van der Waals surface area contributed by atoms with Gasteiger partial charge in [0.15, 0.2) is 0 Å². The summed E-state index contributed by atoms with van der Waals surface area (Å²) in [5.41, 5.74) is 5.92.